The van der Waals surface area contributed by atoms with E-state index in [0.29, 0.717) is 53.2 Å². The number of nitrogens with zero attached hydrogens (tertiary/aromatic N) is 1. The van der Waals surface area contributed by atoms with Crippen molar-refractivity contribution in [1.29, 1.82) is 0 Å². The second kappa shape index (κ2) is 13.7. The monoisotopic (exact) mass is 568 g/mol. The number of aryl methyl sites for hydroxylation is 1. The molecule has 1 aliphatic rings. The number of halogens is 2. The van der Waals surface area contributed by atoms with Crippen LogP contribution in [0.15, 0.2) is 66.7 Å². The van der Waals surface area contributed by atoms with Crippen LogP contribution in [0.2, 0.25) is 10.0 Å². The molecule has 1 N–H and O–H groups in total. The first-order chi connectivity index (χ1) is 18.9. The van der Waals surface area contributed by atoms with Crippen LogP contribution in [0.5, 0.6) is 11.5 Å². The third kappa shape index (κ3) is 7.68. The van der Waals surface area contributed by atoms with E-state index >= 15 is 0 Å². The quantitative estimate of drug-likeness (QED) is 0.297. The maximum atomic E-state index is 13.9. The molecule has 3 aromatic rings. The summed E-state index contributed by atoms with van der Waals surface area (Å²) >= 11 is 13.0. The Morgan fingerprint density at radius 2 is 1.62 bits per heavy atom. The number of amides is 2. The van der Waals surface area contributed by atoms with Gasteiger partial charge in [0.2, 0.25) is 11.8 Å². The molecule has 0 aliphatic carbocycles. The Hall–Kier alpha value is -3.22. The highest BCUT2D eigenvalue weighted by Gasteiger charge is 2.31. The average Bonchev–Trinajstić information content (AvgIpc) is 2.95. The smallest absolute Gasteiger partial charge is 0.243 e. The fourth-order valence-electron chi connectivity index (χ4n) is 4.49. The molecule has 1 aliphatic heterocycles. The lowest BCUT2D eigenvalue weighted by atomic mass is 10.0. The molecule has 0 spiro atoms. The van der Waals surface area contributed by atoms with Gasteiger partial charge in [-0.2, -0.15) is 0 Å². The van der Waals surface area contributed by atoms with E-state index in [1.807, 2.05) is 62.4 Å². The number of fused-ring (bicyclic) bond motifs is 1. The number of benzene rings is 3. The topological polar surface area (TPSA) is 67.9 Å². The van der Waals surface area contributed by atoms with Gasteiger partial charge in [-0.25, -0.2) is 0 Å². The molecule has 4 rings (SSSR count). The standard InChI is InChI=1S/C31H34Cl2N2O4/c1-3-21(2)34-31(37)27(18-22-8-5-4-6-9-22)35(20-24-25(32)10-7-11-26(24)33)30(36)15-13-23-12-14-28-29(19-23)39-17-16-38-28/h4-12,14,19,21,27H,3,13,15-18,20H2,1-2H3,(H,34,37)/t21-,27-/m0/s1. The van der Waals surface area contributed by atoms with Crippen LogP contribution in [0.3, 0.4) is 0 Å². The molecule has 0 aromatic heterocycles. The van der Waals surface area contributed by atoms with Crippen molar-refractivity contribution in [3.05, 3.63) is 93.5 Å². The van der Waals surface area contributed by atoms with E-state index in [-0.39, 0.29) is 30.8 Å². The molecule has 0 saturated heterocycles. The van der Waals surface area contributed by atoms with Crippen LogP contribution in [-0.2, 0) is 29.0 Å². The Balaban J connectivity index is 1.63. The predicted octanol–water partition coefficient (Wildman–Crippen LogP) is 6.25. The van der Waals surface area contributed by atoms with Crippen LogP contribution in [-0.4, -0.2) is 42.0 Å². The zero-order valence-electron chi connectivity index (χ0n) is 22.3. The molecule has 39 heavy (non-hydrogen) atoms. The highest BCUT2D eigenvalue weighted by molar-refractivity contribution is 6.36. The van der Waals surface area contributed by atoms with Gasteiger partial charge < -0.3 is 19.7 Å². The Morgan fingerprint density at radius 3 is 2.31 bits per heavy atom. The molecular formula is C31H34Cl2N2O4. The fraction of sp³-hybridized carbons (Fsp3) is 0.355. The van der Waals surface area contributed by atoms with E-state index < -0.39 is 6.04 Å². The number of hydrogen-bond donors (Lipinski definition) is 1. The van der Waals surface area contributed by atoms with Gasteiger partial charge in [-0.1, -0.05) is 72.6 Å². The second-order valence-electron chi connectivity index (χ2n) is 9.72. The number of carbonyl (C=O) groups excluding carboxylic acids is 2. The summed E-state index contributed by atoms with van der Waals surface area (Å²) in [4.78, 5) is 29.2. The van der Waals surface area contributed by atoms with Crippen molar-refractivity contribution in [2.24, 2.45) is 0 Å². The van der Waals surface area contributed by atoms with Crippen LogP contribution in [0.25, 0.3) is 0 Å². The summed E-state index contributed by atoms with van der Waals surface area (Å²) in [5.74, 6) is 1.02. The van der Waals surface area contributed by atoms with Crippen molar-refractivity contribution in [2.45, 2.75) is 58.2 Å². The van der Waals surface area contributed by atoms with E-state index in [9.17, 15) is 9.59 Å². The van der Waals surface area contributed by atoms with E-state index in [1.165, 1.54) is 0 Å². The van der Waals surface area contributed by atoms with Gasteiger partial charge in [0, 0.05) is 41.0 Å². The van der Waals surface area contributed by atoms with Gasteiger partial charge in [0.1, 0.15) is 19.3 Å². The summed E-state index contributed by atoms with van der Waals surface area (Å²) in [6.07, 6.45) is 1.82. The molecule has 0 saturated carbocycles. The SMILES string of the molecule is CC[C@H](C)NC(=O)[C@H](Cc1ccccc1)N(Cc1c(Cl)cccc1Cl)C(=O)CCc1ccc2c(c1)OCCO2. The zero-order chi connectivity index (χ0) is 27.8. The highest BCUT2D eigenvalue weighted by Crippen LogP contribution is 2.32. The summed E-state index contributed by atoms with van der Waals surface area (Å²) in [5.41, 5.74) is 2.52. The molecule has 0 fully saturated rings. The Morgan fingerprint density at radius 1 is 0.923 bits per heavy atom. The Labute approximate surface area is 240 Å². The Bertz CT molecular complexity index is 1260. The molecule has 3 aromatic carbocycles. The summed E-state index contributed by atoms with van der Waals surface area (Å²) in [6, 6.07) is 19.9. The minimum atomic E-state index is -0.749. The first-order valence-electron chi connectivity index (χ1n) is 13.3. The van der Waals surface area contributed by atoms with Gasteiger partial charge in [-0.15, -0.1) is 0 Å². The van der Waals surface area contributed by atoms with E-state index in [0.717, 1.165) is 17.5 Å². The van der Waals surface area contributed by atoms with Crippen molar-refractivity contribution in [3.8, 4) is 11.5 Å². The molecule has 206 valence electrons. The van der Waals surface area contributed by atoms with Gasteiger partial charge >= 0.3 is 0 Å². The first-order valence-corrected chi connectivity index (χ1v) is 14.1. The summed E-state index contributed by atoms with van der Waals surface area (Å²) in [6.45, 7) is 5.09. The number of nitrogens with one attached hydrogen (secondary N) is 1. The lowest BCUT2D eigenvalue weighted by Gasteiger charge is -2.33. The van der Waals surface area contributed by atoms with Crippen LogP contribution < -0.4 is 14.8 Å². The third-order valence-corrected chi connectivity index (χ3v) is 7.60. The second-order valence-corrected chi connectivity index (χ2v) is 10.5. The van der Waals surface area contributed by atoms with Crippen molar-refractivity contribution in [1.82, 2.24) is 10.2 Å². The molecule has 2 atom stereocenters. The number of carbonyl (C=O) groups is 2. The molecule has 0 unspecified atom stereocenters. The molecule has 2 amide bonds. The van der Waals surface area contributed by atoms with Crippen molar-refractivity contribution in [2.75, 3.05) is 13.2 Å². The maximum absolute atomic E-state index is 13.9. The van der Waals surface area contributed by atoms with Crippen molar-refractivity contribution >= 4 is 35.0 Å². The van der Waals surface area contributed by atoms with Gasteiger partial charge in [0.05, 0.1) is 0 Å². The molecule has 0 radical (unpaired) electrons. The molecular weight excluding hydrogens is 535 g/mol. The molecule has 8 heteroatoms. The summed E-state index contributed by atoms with van der Waals surface area (Å²) in [7, 11) is 0. The van der Waals surface area contributed by atoms with Crippen LogP contribution >= 0.6 is 23.2 Å². The van der Waals surface area contributed by atoms with E-state index in [4.69, 9.17) is 32.7 Å². The summed E-state index contributed by atoms with van der Waals surface area (Å²) in [5, 5.41) is 3.98. The molecule has 6 nitrogen and oxygen atoms in total. The lowest BCUT2D eigenvalue weighted by molar-refractivity contribution is -0.141. The van der Waals surface area contributed by atoms with E-state index in [2.05, 4.69) is 5.32 Å². The van der Waals surface area contributed by atoms with Crippen molar-refractivity contribution in [3.63, 3.8) is 0 Å². The number of rotatable bonds is 11. The maximum Gasteiger partial charge on any atom is 0.243 e. The van der Waals surface area contributed by atoms with Gasteiger partial charge in [-0.05, 0) is 55.2 Å². The normalized spacial score (nSPS) is 13.8. The van der Waals surface area contributed by atoms with Gasteiger partial charge in [-0.3, -0.25) is 9.59 Å². The fourth-order valence-corrected chi connectivity index (χ4v) is 5.00. The molecule has 1 heterocycles. The largest absolute Gasteiger partial charge is 0.486 e. The van der Waals surface area contributed by atoms with E-state index in [1.54, 1.807) is 23.1 Å². The average molecular weight is 570 g/mol. The highest BCUT2D eigenvalue weighted by atomic mass is 35.5. The first kappa shape index (κ1) is 28.8. The minimum absolute atomic E-state index is 0.0330. The number of hydrogen-bond acceptors (Lipinski definition) is 4. The zero-order valence-corrected chi connectivity index (χ0v) is 23.8. The van der Waals surface area contributed by atoms with Gasteiger partial charge in [0.25, 0.3) is 0 Å². The van der Waals surface area contributed by atoms with Crippen LogP contribution in [0, 0.1) is 0 Å². The number of ether oxygens (including phenoxy) is 2. The summed E-state index contributed by atoms with van der Waals surface area (Å²) < 4.78 is 11.3. The Kier molecular flexibility index (Phi) is 10.1. The van der Waals surface area contributed by atoms with Crippen LogP contribution in [0.1, 0.15) is 43.4 Å². The van der Waals surface area contributed by atoms with Crippen LogP contribution in [0.4, 0.5) is 0 Å². The molecule has 0 bridgehead atoms. The van der Waals surface area contributed by atoms with Crippen molar-refractivity contribution < 1.29 is 19.1 Å². The lowest BCUT2D eigenvalue weighted by Crippen LogP contribution is -2.52. The predicted molar refractivity (Wildman–Crippen MR) is 155 cm³/mol. The van der Waals surface area contributed by atoms with Gasteiger partial charge in [0.15, 0.2) is 11.5 Å². The minimum Gasteiger partial charge on any atom is -0.486 e. The third-order valence-electron chi connectivity index (χ3n) is 6.90.